The number of hydrogen-bond donors (Lipinski definition) is 1. The average Bonchev–Trinajstić information content (AvgIpc) is 2.95. The van der Waals surface area contributed by atoms with Crippen molar-refractivity contribution in [2.24, 2.45) is 12.8 Å². The van der Waals surface area contributed by atoms with Gasteiger partial charge in [-0.15, -0.1) is 0 Å². The van der Waals surface area contributed by atoms with Gasteiger partial charge in [-0.25, -0.2) is 0 Å². The molecule has 0 saturated heterocycles. The van der Waals surface area contributed by atoms with E-state index in [1.807, 2.05) is 36.0 Å². The fraction of sp³-hybridized carbons (Fsp3) is 0.200. The van der Waals surface area contributed by atoms with E-state index in [9.17, 15) is 0 Å². The predicted molar refractivity (Wildman–Crippen MR) is 72.3 cm³/mol. The molecule has 0 spiro atoms. The van der Waals surface area contributed by atoms with Crippen molar-refractivity contribution in [3.05, 3.63) is 60.1 Å². The summed E-state index contributed by atoms with van der Waals surface area (Å²) in [6.45, 7) is 0. The second-order valence-electron chi connectivity index (χ2n) is 4.68. The number of hydrogen-bond acceptors (Lipinski definition) is 2. The third kappa shape index (κ3) is 1.93. The molecule has 3 rings (SSSR count). The molecular formula is C15H16N2O. The Labute approximate surface area is 106 Å². The van der Waals surface area contributed by atoms with Crippen molar-refractivity contribution in [2.75, 3.05) is 0 Å². The van der Waals surface area contributed by atoms with E-state index < -0.39 is 0 Å². The Bertz CT molecular complexity index is 666. The first kappa shape index (κ1) is 11.1. The van der Waals surface area contributed by atoms with Crippen molar-refractivity contribution >= 4 is 11.0 Å². The van der Waals surface area contributed by atoms with Crippen LogP contribution in [0.1, 0.15) is 17.2 Å². The number of para-hydroxylation sites is 1. The lowest BCUT2D eigenvalue weighted by Crippen LogP contribution is -2.12. The smallest absolute Gasteiger partial charge is 0.134 e. The molecular weight excluding hydrogens is 224 g/mol. The van der Waals surface area contributed by atoms with Gasteiger partial charge in [0, 0.05) is 36.4 Å². The zero-order valence-corrected chi connectivity index (χ0v) is 10.3. The van der Waals surface area contributed by atoms with Gasteiger partial charge in [-0.05, 0) is 24.1 Å². The third-order valence-electron chi connectivity index (χ3n) is 3.26. The second kappa shape index (κ2) is 4.35. The summed E-state index contributed by atoms with van der Waals surface area (Å²) in [6.07, 6.45) is 6.74. The van der Waals surface area contributed by atoms with E-state index in [1.165, 1.54) is 5.56 Å². The van der Waals surface area contributed by atoms with Gasteiger partial charge in [0.25, 0.3) is 0 Å². The molecule has 0 fully saturated rings. The topological polar surface area (TPSA) is 44.1 Å². The third-order valence-corrected chi connectivity index (χ3v) is 3.26. The molecule has 1 aromatic carbocycles. The van der Waals surface area contributed by atoms with Crippen LogP contribution < -0.4 is 5.73 Å². The van der Waals surface area contributed by atoms with Gasteiger partial charge >= 0.3 is 0 Å². The molecule has 0 aliphatic heterocycles. The van der Waals surface area contributed by atoms with Gasteiger partial charge in [-0.1, -0.05) is 18.2 Å². The highest BCUT2D eigenvalue weighted by atomic mass is 16.3. The number of rotatable bonds is 3. The van der Waals surface area contributed by atoms with Gasteiger partial charge in [0.15, 0.2) is 0 Å². The van der Waals surface area contributed by atoms with Gasteiger partial charge in [-0.3, -0.25) is 0 Å². The van der Waals surface area contributed by atoms with Crippen LogP contribution in [0.5, 0.6) is 0 Å². The van der Waals surface area contributed by atoms with Crippen LogP contribution in [0.3, 0.4) is 0 Å². The van der Waals surface area contributed by atoms with Gasteiger partial charge in [0.1, 0.15) is 5.58 Å². The van der Waals surface area contributed by atoms with Crippen LogP contribution in [0.15, 0.2) is 53.4 Å². The van der Waals surface area contributed by atoms with Crippen LogP contribution in [-0.4, -0.2) is 4.57 Å². The summed E-state index contributed by atoms with van der Waals surface area (Å²) in [5.41, 5.74) is 9.50. The van der Waals surface area contributed by atoms with E-state index >= 15 is 0 Å². The number of furan rings is 1. The second-order valence-corrected chi connectivity index (χ2v) is 4.68. The van der Waals surface area contributed by atoms with Crippen molar-refractivity contribution in [2.45, 2.75) is 12.5 Å². The summed E-state index contributed by atoms with van der Waals surface area (Å²) in [7, 11) is 2.02. The zero-order chi connectivity index (χ0) is 12.5. The molecule has 3 nitrogen and oxygen atoms in total. The summed E-state index contributed by atoms with van der Waals surface area (Å²) in [5, 5.41) is 1.11. The SMILES string of the molecule is Cn1ccc(CC(N)c2coc3ccccc23)c1. The molecule has 2 aromatic heterocycles. The summed E-state index contributed by atoms with van der Waals surface area (Å²) < 4.78 is 7.57. The van der Waals surface area contributed by atoms with E-state index in [0.717, 1.165) is 23.0 Å². The lowest BCUT2D eigenvalue weighted by atomic mass is 10.0. The van der Waals surface area contributed by atoms with Crippen molar-refractivity contribution in [3.8, 4) is 0 Å². The highest BCUT2D eigenvalue weighted by Gasteiger charge is 2.13. The molecule has 0 aliphatic rings. The number of aryl methyl sites for hydroxylation is 1. The van der Waals surface area contributed by atoms with Crippen LogP contribution >= 0.6 is 0 Å². The average molecular weight is 240 g/mol. The quantitative estimate of drug-likeness (QED) is 0.764. The van der Waals surface area contributed by atoms with Gasteiger partial charge in [-0.2, -0.15) is 0 Å². The molecule has 0 amide bonds. The van der Waals surface area contributed by atoms with Crippen LogP contribution in [0.25, 0.3) is 11.0 Å². The lowest BCUT2D eigenvalue weighted by molar-refractivity contribution is 0.599. The van der Waals surface area contributed by atoms with E-state index in [1.54, 1.807) is 6.26 Å². The number of benzene rings is 1. The molecule has 3 aromatic rings. The van der Waals surface area contributed by atoms with E-state index in [-0.39, 0.29) is 6.04 Å². The Balaban J connectivity index is 1.90. The molecule has 0 bridgehead atoms. The van der Waals surface area contributed by atoms with Gasteiger partial charge < -0.3 is 14.7 Å². The van der Waals surface area contributed by atoms with E-state index in [0.29, 0.717) is 0 Å². The fourth-order valence-electron chi connectivity index (χ4n) is 2.33. The van der Waals surface area contributed by atoms with Crippen molar-refractivity contribution in [1.29, 1.82) is 0 Å². The van der Waals surface area contributed by atoms with Crippen LogP contribution in [-0.2, 0) is 13.5 Å². The molecule has 0 saturated carbocycles. The molecule has 0 aliphatic carbocycles. The van der Waals surface area contributed by atoms with Crippen LogP contribution in [0.4, 0.5) is 0 Å². The Morgan fingerprint density at radius 2 is 2.11 bits per heavy atom. The summed E-state index contributed by atoms with van der Waals surface area (Å²) in [4.78, 5) is 0. The maximum Gasteiger partial charge on any atom is 0.134 e. The number of aromatic nitrogens is 1. The van der Waals surface area contributed by atoms with Gasteiger partial charge in [0.05, 0.1) is 6.26 Å². The monoisotopic (exact) mass is 240 g/mol. The number of fused-ring (bicyclic) bond motifs is 1. The first-order valence-corrected chi connectivity index (χ1v) is 6.06. The Morgan fingerprint density at radius 1 is 1.28 bits per heavy atom. The molecule has 18 heavy (non-hydrogen) atoms. The minimum atomic E-state index is -0.0314. The highest BCUT2D eigenvalue weighted by molar-refractivity contribution is 5.81. The predicted octanol–water partition coefficient (Wildman–Crippen LogP) is 3.01. The maximum absolute atomic E-state index is 6.28. The largest absolute Gasteiger partial charge is 0.464 e. The number of nitrogens with zero attached hydrogens (tertiary/aromatic N) is 1. The fourth-order valence-corrected chi connectivity index (χ4v) is 2.33. The Morgan fingerprint density at radius 3 is 2.89 bits per heavy atom. The molecule has 2 heterocycles. The van der Waals surface area contributed by atoms with Crippen molar-refractivity contribution < 1.29 is 4.42 Å². The molecule has 0 radical (unpaired) electrons. The first-order valence-electron chi connectivity index (χ1n) is 6.06. The molecule has 1 atom stereocenters. The Hall–Kier alpha value is -2.00. The van der Waals surface area contributed by atoms with E-state index in [4.69, 9.17) is 10.2 Å². The first-order chi connectivity index (χ1) is 8.74. The molecule has 1 unspecified atom stereocenters. The summed E-state index contributed by atoms with van der Waals surface area (Å²) in [6, 6.07) is 10.1. The lowest BCUT2D eigenvalue weighted by Gasteiger charge is -2.08. The van der Waals surface area contributed by atoms with Gasteiger partial charge in [0.2, 0.25) is 0 Å². The minimum absolute atomic E-state index is 0.0314. The normalized spacial score (nSPS) is 13.0. The molecule has 2 N–H and O–H groups in total. The van der Waals surface area contributed by atoms with Crippen LogP contribution in [0.2, 0.25) is 0 Å². The van der Waals surface area contributed by atoms with Crippen molar-refractivity contribution in [3.63, 3.8) is 0 Å². The number of nitrogens with two attached hydrogens (primary N) is 1. The minimum Gasteiger partial charge on any atom is -0.464 e. The Kier molecular flexibility index (Phi) is 2.68. The highest BCUT2D eigenvalue weighted by Crippen LogP contribution is 2.27. The zero-order valence-electron chi connectivity index (χ0n) is 10.3. The summed E-state index contributed by atoms with van der Waals surface area (Å²) in [5.74, 6) is 0. The van der Waals surface area contributed by atoms with Crippen molar-refractivity contribution in [1.82, 2.24) is 4.57 Å². The molecule has 3 heteroatoms. The summed E-state index contributed by atoms with van der Waals surface area (Å²) >= 11 is 0. The van der Waals surface area contributed by atoms with E-state index in [2.05, 4.69) is 18.3 Å². The molecule has 92 valence electrons. The standard InChI is InChI=1S/C15H16N2O/c1-17-7-6-11(9-17)8-14(16)13-10-18-15-5-3-2-4-12(13)15/h2-7,9-10,14H,8,16H2,1H3. The van der Waals surface area contributed by atoms with Crippen LogP contribution in [0, 0.1) is 0 Å². The maximum atomic E-state index is 6.28.